The summed E-state index contributed by atoms with van der Waals surface area (Å²) in [5.74, 6) is 0.428. The Kier molecular flexibility index (Phi) is 7.73. The van der Waals surface area contributed by atoms with Crippen molar-refractivity contribution in [3.63, 3.8) is 0 Å². The first-order chi connectivity index (χ1) is 13.9. The van der Waals surface area contributed by atoms with Crippen molar-refractivity contribution < 1.29 is 0 Å². The average molecular weight is 403 g/mol. The lowest BCUT2D eigenvalue weighted by Crippen LogP contribution is -1.96. The minimum atomic E-state index is 0.381. The summed E-state index contributed by atoms with van der Waals surface area (Å²) >= 11 is 5.72. The number of nitrogens with zero attached hydrogens (tertiary/aromatic N) is 4. The molecule has 2 aromatic carbocycles. The quantitative estimate of drug-likeness (QED) is 0.355. The van der Waals surface area contributed by atoms with Crippen LogP contribution in [-0.2, 0) is 0 Å². The molecule has 29 heavy (non-hydrogen) atoms. The normalized spacial score (nSPS) is 9.83. The first-order valence-corrected chi connectivity index (χ1v) is 8.99. The van der Waals surface area contributed by atoms with E-state index < -0.39 is 0 Å². The van der Waals surface area contributed by atoms with Crippen LogP contribution in [0, 0.1) is 36.5 Å². The van der Waals surface area contributed by atoms with Crippen LogP contribution in [0.5, 0.6) is 0 Å². The van der Waals surface area contributed by atoms with Gasteiger partial charge in [0.15, 0.2) is 0 Å². The molecular weight excluding hydrogens is 384 g/mol. The molecule has 0 spiro atoms. The molecule has 3 rings (SSSR count). The number of aromatic nitrogens is 2. The number of benzene rings is 2. The maximum atomic E-state index is 8.64. The SMILES string of the molecule is Cc1cc(/C=C/C#N)cc(C)c1N.N#Cc1ccc(Nc2nccc(Cl)n2)cc1. The molecule has 3 N–H and O–H groups in total. The molecule has 6 nitrogen and oxygen atoms in total. The van der Waals surface area contributed by atoms with Gasteiger partial charge in [0.05, 0.1) is 17.7 Å². The van der Waals surface area contributed by atoms with Gasteiger partial charge in [-0.1, -0.05) is 11.6 Å². The highest BCUT2D eigenvalue weighted by Gasteiger charge is 1.99. The van der Waals surface area contributed by atoms with Gasteiger partial charge in [-0.25, -0.2) is 9.97 Å². The average Bonchev–Trinajstić information content (AvgIpc) is 2.71. The highest BCUT2D eigenvalue weighted by molar-refractivity contribution is 6.29. The highest BCUT2D eigenvalue weighted by Crippen LogP contribution is 2.19. The van der Waals surface area contributed by atoms with Crippen molar-refractivity contribution in [1.29, 1.82) is 10.5 Å². The second-order valence-corrected chi connectivity index (χ2v) is 6.44. The molecule has 0 saturated heterocycles. The Hall–Kier alpha value is -3.87. The Balaban J connectivity index is 0.000000212. The Morgan fingerprint density at radius 2 is 1.72 bits per heavy atom. The monoisotopic (exact) mass is 402 g/mol. The lowest BCUT2D eigenvalue weighted by Gasteiger charge is -2.05. The third kappa shape index (κ3) is 6.66. The van der Waals surface area contributed by atoms with E-state index in [0.29, 0.717) is 16.7 Å². The van der Waals surface area contributed by atoms with E-state index in [1.165, 1.54) is 6.08 Å². The minimum Gasteiger partial charge on any atom is -0.398 e. The summed E-state index contributed by atoms with van der Waals surface area (Å²) in [4.78, 5) is 8.00. The number of aryl methyl sites for hydroxylation is 2. The van der Waals surface area contributed by atoms with E-state index in [-0.39, 0.29) is 0 Å². The molecule has 0 bridgehead atoms. The number of allylic oxidation sites excluding steroid dienone is 1. The van der Waals surface area contributed by atoms with E-state index in [1.807, 2.05) is 38.1 Å². The van der Waals surface area contributed by atoms with E-state index in [2.05, 4.69) is 15.3 Å². The zero-order valence-corrected chi connectivity index (χ0v) is 16.8. The molecular formula is C22H19ClN6. The first kappa shape index (κ1) is 21.4. The summed E-state index contributed by atoms with van der Waals surface area (Å²) in [5, 5.41) is 20.4. The number of nitrogens with two attached hydrogens (primary N) is 1. The van der Waals surface area contributed by atoms with E-state index in [1.54, 1.807) is 42.6 Å². The van der Waals surface area contributed by atoms with Crippen LogP contribution in [0.2, 0.25) is 5.15 Å². The predicted molar refractivity (Wildman–Crippen MR) is 116 cm³/mol. The first-order valence-electron chi connectivity index (χ1n) is 8.61. The highest BCUT2D eigenvalue weighted by atomic mass is 35.5. The van der Waals surface area contributed by atoms with Gasteiger partial charge in [0.2, 0.25) is 5.95 Å². The molecule has 7 heteroatoms. The van der Waals surface area contributed by atoms with Gasteiger partial charge in [0.25, 0.3) is 0 Å². The fourth-order valence-corrected chi connectivity index (χ4v) is 2.53. The van der Waals surface area contributed by atoms with Crippen molar-refractivity contribution in [3.05, 3.63) is 82.1 Å². The largest absolute Gasteiger partial charge is 0.398 e. The number of rotatable bonds is 3. The molecule has 3 aromatic rings. The molecule has 0 saturated carbocycles. The second kappa shape index (κ2) is 10.5. The summed E-state index contributed by atoms with van der Waals surface area (Å²) < 4.78 is 0. The van der Waals surface area contributed by atoms with E-state index >= 15 is 0 Å². The van der Waals surface area contributed by atoms with Gasteiger partial charge in [0.1, 0.15) is 5.15 Å². The number of nitrogen functional groups attached to an aromatic ring is 1. The lowest BCUT2D eigenvalue weighted by atomic mass is 10.0. The molecule has 0 radical (unpaired) electrons. The Bertz CT molecular complexity index is 1070. The molecule has 0 fully saturated rings. The number of anilines is 3. The summed E-state index contributed by atoms with van der Waals surface area (Å²) in [6.45, 7) is 3.93. The molecule has 0 aliphatic rings. The van der Waals surface area contributed by atoms with Crippen molar-refractivity contribution in [1.82, 2.24) is 9.97 Å². The molecule has 1 heterocycles. The van der Waals surface area contributed by atoms with Gasteiger partial charge in [-0.3, -0.25) is 0 Å². The molecule has 0 atom stereocenters. The fourth-order valence-electron chi connectivity index (χ4n) is 2.39. The van der Waals surface area contributed by atoms with Crippen LogP contribution in [0.25, 0.3) is 6.08 Å². The van der Waals surface area contributed by atoms with Crippen LogP contribution in [0.3, 0.4) is 0 Å². The van der Waals surface area contributed by atoms with Crippen LogP contribution in [-0.4, -0.2) is 9.97 Å². The van der Waals surface area contributed by atoms with Crippen molar-refractivity contribution in [3.8, 4) is 12.1 Å². The van der Waals surface area contributed by atoms with Crippen molar-refractivity contribution in [2.24, 2.45) is 0 Å². The summed E-state index contributed by atoms with van der Waals surface area (Å²) in [7, 11) is 0. The van der Waals surface area contributed by atoms with Crippen molar-refractivity contribution >= 4 is 35.0 Å². The standard InChI is InChI=1S/C11H7ClN4.C11H12N2/c12-10-5-6-14-11(16-10)15-9-3-1-8(7-13)2-4-9;1-8-6-10(4-3-5-12)7-9(2)11(8)13/h1-6H,(H,14,15,16);3-4,6-7H,13H2,1-2H3/b;4-3+. The van der Waals surface area contributed by atoms with Crippen LogP contribution < -0.4 is 11.1 Å². The Labute approximate surface area is 174 Å². The lowest BCUT2D eigenvalue weighted by molar-refractivity contribution is 1.17. The minimum absolute atomic E-state index is 0.381. The number of halogens is 1. The third-order valence-corrected chi connectivity index (χ3v) is 4.07. The summed E-state index contributed by atoms with van der Waals surface area (Å²) in [6.07, 6.45) is 4.81. The molecule has 0 aliphatic carbocycles. The smallest absolute Gasteiger partial charge is 0.228 e. The maximum Gasteiger partial charge on any atom is 0.228 e. The molecule has 0 amide bonds. The molecule has 144 valence electrons. The van der Waals surface area contributed by atoms with Crippen LogP contribution in [0.1, 0.15) is 22.3 Å². The maximum absolute atomic E-state index is 8.64. The van der Waals surface area contributed by atoms with Crippen LogP contribution in [0.4, 0.5) is 17.3 Å². The molecule has 0 aliphatic heterocycles. The van der Waals surface area contributed by atoms with Gasteiger partial charge in [0, 0.05) is 23.6 Å². The number of hydrogen-bond donors (Lipinski definition) is 2. The van der Waals surface area contributed by atoms with Crippen LogP contribution >= 0.6 is 11.6 Å². The van der Waals surface area contributed by atoms with E-state index in [9.17, 15) is 0 Å². The fraction of sp³-hybridized carbons (Fsp3) is 0.0909. The van der Waals surface area contributed by atoms with Gasteiger partial charge in [-0.05, 0) is 79.1 Å². The summed E-state index contributed by atoms with van der Waals surface area (Å²) in [6, 6.07) is 16.5. The number of nitriles is 2. The van der Waals surface area contributed by atoms with E-state index in [0.717, 1.165) is 28.1 Å². The van der Waals surface area contributed by atoms with Gasteiger partial charge in [-0.15, -0.1) is 0 Å². The predicted octanol–water partition coefficient (Wildman–Crippen LogP) is 5.17. The zero-order chi connectivity index (χ0) is 21.2. The number of nitrogens with one attached hydrogen (secondary N) is 1. The third-order valence-electron chi connectivity index (χ3n) is 3.86. The second-order valence-electron chi connectivity index (χ2n) is 6.05. The zero-order valence-electron chi connectivity index (χ0n) is 16.0. The topological polar surface area (TPSA) is 111 Å². The molecule has 0 unspecified atom stereocenters. The Morgan fingerprint density at radius 1 is 1.07 bits per heavy atom. The van der Waals surface area contributed by atoms with Gasteiger partial charge in [-0.2, -0.15) is 10.5 Å². The van der Waals surface area contributed by atoms with Crippen molar-refractivity contribution in [2.45, 2.75) is 13.8 Å². The van der Waals surface area contributed by atoms with Gasteiger partial charge < -0.3 is 11.1 Å². The number of hydrogen-bond acceptors (Lipinski definition) is 6. The van der Waals surface area contributed by atoms with E-state index in [4.69, 9.17) is 27.9 Å². The van der Waals surface area contributed by atoms with Gasteiger partial charge >= 0.3 is 0 Å². The molecule has 1 aromatic heterocycles. The Morgan fingerprint density at radius 3 is 2.28 bits per heavy atom. The van der Waals surface area contributed by atoms with Crippen LogP contribution in [0.15, 0.2) is 54.7 Å². The summed E-state index contributed by atoms with van der Waals surface area (Å²) in [5.41, 5.74) is 11.2. The van der Waals surface area contributed by atoms with Crippen molar-refractivity contribution in [2.75, 3.05) is 11.1 Å².